The van der Waals surface area contributed by atoms with Crippen LogP contribution in [0.2, 0.25) is 0 Å². The van der Waals surface area contributed by atoms with E-state index in [1.54, 1.807) is 0 Å². The van der Waals surface area contributed by atoms with E-state index in [4.69, 9.17) is 4.42 Å². The lowest BCUT2D eigenvalue weighted by Crippen LogP contribution is -1.94. The zero-order chi connectivity index (χ0) is 33.5. The molecule has 0 fully saturated rings. The number of aromatic nitrogens is 2. The van der Waals surface area contributed by atoms with Crippen LogP contribution in [0.3, 0.4) is 0 Å². The third kappa shape index (κ3) is 4.19. The van der Waals surface area contributed by atoms with E-state index in [0.717, 1.165) is 27.9 Å². The number of rotatable bonds is 4. The summed E-state index contributed by atoms with van der Waals surface area (Å²) in [6.45, 7) is 0. The lowest BCUT2D eigenvalue weighted by atomic mass is 10.0. The van der Waals surface area contributed by atoms with E-state index in [0.29, 0.717) is 0 Å². The summed E-state index contributed by atoms with van der Waals surface area (Å²) >= 11 is 0. The fraction of sp³-hybridized carbons (Fsp3) is 0. The van der Waals surface area contributed by atoms with Crippen LogP contribution in [-0.4, -0.2) is 9.13 Å². The van der Waals surface area contributed by atoms with Gasteiger partial charge in [-0.1, -0.05) is 115 Å². The predicted molar refractivity (Wildman–Crippen MR) is 213 cm³/mol. The summed E-state index contributed by atoms with van der Waals surface area (Å²) in [5, 5.41) is 7.31. The lowest BCUT2D eigenvalue weighted by molar-refractivity contribution is 0.669. The minimum Gasteiger partial charge on any atom is -0.456 e. The molecule has 3 heterocycles. The van der Waals surface area contributed by atoms with Gasteiger partial charge < -0.3 is 13.6 Å². The van der Waals surface area contributed by atoms with E-state index in [1.807, 2.05) is 6.07 Å². The van der Waals surface area contributed by atoms with Crippen molar-refractivity contribution in [2.75, 3.05) is 0 Å². The average Bonchev–Trinajstić information content (AvgIpc) is 3.86. The number of hydrogen-bond donors (Lipinski definition) is 0. The Balaban J connectivity index is 0.991. The minimum absolute atomic E-state index is 0.919. The summed E-state index contributed by atoms with van der Waals surface area (Å²) in [6, 6.07) is 65.4. The van der Waals surface area contributed by atoms with Crippen LogP contribution in [0.5, 0.6) is 0 Å². The van der Waals surface area contributed by atoms with Gasteiger partial charge in [0.1, 0.15) is 11.2 Å². The molecule has 0 N–H and O–H groups in total. The molecule has 3 nitrogen and oxygen atoms in total. The van der Waals surface area contributed by atoms with Gasteiger partial charge in [-0.15, -0.1) is 0 Å². The number of nitrogens with zero attached hydrogens (tertiary/aromatic N) is 2. The molecule has 0 aliphatic heterocycles. The molecule has 238 valence electrons. The summed E-state index contributed by atoms with van der Waals surface area (Å²) in [7, 11) is 0. The number of hydrogen-bond acceptors (Lipinski definition) is 1. The minimum atomic E-state index is 0.919. The van der Waals surface area contributed by atoms with Crippen molar-refractivity contribution in [3.05, 3.63) is 182 Å². The molecule has 0 saturated carbocycles. The van der Waals surface area contributed by atoms with Crippen molar-refractivity contribution in [1.82, 2.24) is 9.13 Å². The van der Waals surface area contributed by atoms with Gasteiger partial charge in [0.15, 0.2) is 0 Å². The van der Waals surface area contributed by atoms with Crippen LogP contribution in [0, 0.1) is 0 Å². The summed E-state index contributed by atoms with van der Waals surface area (Å²) < 4.78 is 11.0. The number of furan rings is 1. The molecule has 0 saturated heterocycles. The molecular formula is C48H30N2O. The number of para-hydroxylation sites is 3. The SMILES string of the molecule is c1ccc(-c2ccc3c(c2)c2ccccc2n3-c2ccc(-c3ccc(-n4c5ccccc5c5c6c(ccc54)oc4ccccc46)cc3)cc2)cc1. The maximum absolute atomic E-state index is 6.27. The summed E-state index contributed by atoms with van der Waals surface area (Å²) in [6.07, 6.45) is 0. The molecule has 0 atom stereocenters. The molecule has 51 heavy (non-hydrogen) atoms. The fourth-order valence-electron chi connectivity index (χ4n) is 8.22. The van der Waals surface area contributed by atoms with Gasteiger partial charge in [-0.2, -0.15) is 0 Å². The van der Waals surface area contributed by atoms with E-state index in [9.17, 15) is 0 Å². The predicted octanol–water partition coefficient (Wildman–Crippen LogP) is 13.1. The van der Waals surface area contributed by atoms with Crippen molar-refractivity contribution in [3.8, 4) is 33.6 Å². The zero-order valence-corrected chi connectivity index (χ0v) is 27.6. The van der Waals surface area contributed by atoms with Crippen molar-refractivity contribution < 1.29 is 4.42 Å². The molecule has 11 aromatic rings. The van der Waals surface area contributed by atoms with Crippen LogP contribution >= 0.6 is 0 Å². The van der Waals surface area contributed by atoms with Crippen molar-refractivity contribution in [2.24, 2.45) is 0 Å². The lowest BCUT2D eigenvalue weighted by Gasteiger charge is -2.11. The highest BCUT2D eigenvalue weighted by molar-refractivity contribution is 6.27. The highest BCUT2D eigenvalue weighted by atomic mass is 16.3. The van der Waals surface area contributed by atoms with Crippen LogP contribution < -0.4 is 0 Å². The third-order valence-corrected chi connectivity index (χ3v) is 10.5. The largest absolute Gasteiger partial charge is 0.456 e. The molecule has 0 bridgehead atoms. The second-order valence-electron chi connectivity index (χ2n) is 13.3. The molecule has 11 rings (SSSR count). The van der Waals surface area contributed by atoms with Crippen molar-refractivity contribution >= 4 is 65.6 Å². The van der Waals surface area contributed by atoms with Crippen molar-refractivity contribution in [2.45, 2.75) is 0 Å². The first kappa shape index (κ1) is 28.0. The first-order chi connectivity index (χ1) is 25.3. The molecule has 0 aliphatic carbocycles. The van der Waals surface area contributed by atoms with E-state index in [2.05, 4.69) is 185 Å². The standard InChI is InChI=1S/C48H30N2O/c1-2-10-31(11-3-1)34-22-27-43-40(30-34)37-12-4-7-15-41(37)49(43)35-23-18-32(19-24-35)33-20-25-36(26-21-33)50-42-16-8-5-13-38(42)47-44(50)28-29-46-48(47)39-14-6-9-17-45(39)51-46/h1-30H. The quantitative estimate of drug-likeness (QED) is 0.186. The van der Waals surface area contributed by atoms with Gasteiger partial charge in [0, 0.05) is 43.7 Å². The monoisotopic (exact) mass is 650 g/mol. The molecule has 3 aromatic heterocycles. The molecule has 0 unspecified atom stereocenters. The zero-order valence-electron chi connectivity index (χ0n) is 27.6. The van der Waals surface area contributed by atoms with Gasteiger partial charge in [0.05, 0.1) is 22.1 Å². The molecule has 0 radical (unpaired) electrons. The summed E-state index contributed by atoms with van der Waals surface area (Å²) in [5.74, 6) is 0. The molecule has 8 aromatic carbocycles. The molecular weight excluding hydrogens is 621 g/mol. The van der Waals surface area contributed by atoms with Gasteiger partial charge in [0.25, 0.3) is 0 Å². The number of benzene rings is 8. The van der Waals surface area contributed by atoms with Gasteiger partial charge >= 0.3 is 0 Å². The Morgan fingerprint density at radius 3 is 1.53 bits per heavy atom. The first-order valence-corrected chi connectivity index (χ1v) is 17.4. The Morgan fingerprint density at radius 2 is 0.804 bits per heavy atom. The van der Waals surface area contributed by atoms with Gasteiger partial charge in [0.2, 0.25) is 0 Å². The second kappa shape index (κ2) is 10.8. The summed E-state index contributed by atoms with van der Waals surface area (Å²) in [4.78, 5) is 0. The number of fused-ring (bicyclic) bond motifs is 10. The topological polar surface area (TPSA) is 23.0 Å². The third-order valence-electron chi connectivity index (χ3n) is 10.5. The molecule has 0 amide bonds. The highest BCUT2D eigenvalue weighted by Gasteiger charge is 2.19. The van der Waals surface area contributed by atoms with Crippen molar-refractivity contribution in [3.63, 3.8) is 0 Å². The van der Waals surface area contributed by atoms with Gasteiger partial charge in [-0.25, -0.2) is 0 Å². The Morgan fingerprint density at radius 1 is 0.294 bits per heavy atom. The maximum atomic E-state index is 6.27. The fourth-order valence-corrected chi connectivity index (χ4v) is 8.22. The van der Waals surface area contributed by atoms with E-state index in [1.165, 1.54) is 71.3 Å². The van der Waals surface area contributed by atoms with E-state index < -0.39 is 0 Å². The highest BCUT2D eigenvalue weighted by Crippen LogP contribution is 2.41. The molecule has 3 heteroatoms. The Hall–Kier alpha value is -6.84. The van der Waals surface area contributed by atoms with E-state index >= 15 is 0 Å². The van der Waals surface area contributed by atoms with Crippen LogP contribution in [-0.2, 0) is 0 Å². The average molecular weight is 651 g/mol. The molecule has 0 spiro atoms. The normalized spacial score (nSPS) is 11.9. The Labute approximate surface area is 293 Å². The first-order valence-electron chi connectivity index (χ1n) is 17.4. The van der Waals surface area contributed by atoms with Crippen LogP contribution in [0.4, 0.5) is 0 Å². The van der Waals surface area contributed by atoms with Crippen LogP contribution in [0.15, 0.2) is 186 Å². The second-order valence-corrected chi connectivity index (χ2v) is 13.3. The smallest absolute Gasteiger partial charge is 0.136 e. The van der Waals surface area contributed by atoms with E-state index in [-0.39, 0.29) is 0 Å². The van der Waals surface area contributed by atoms with Crippen molar-refractivity contribution in [1.29, 1.82) is 0 Å². The van der Waals surface area contributed by atoms with Crippen LogP contribution in [0.1, 0.15) is 0 Å². The molecule has 0 aliphatic rings. The maximum Gasteiger partial charge on any atom is 0.136 e. The van der Waals surface area contributed by atoms with Gasteiger partial charge in [-0.3, -0.25) is 0 Å². The van der Waals surface area contributed by atoms with Crippen LogP contribution in [0.25, 0.3) is 99.2 Å². The summed E-state index contributed by atoms with van der Waals surface area (Å²) in [5.41, 5.74) is 13.7. The van der Waals surface area contributed by atoms with Gasteiger partial charge in [-0.05, 0) is 89.0 Å². The Kier molecular flexibility index (Phi) is 5.96. The Bertz CT molecular complexity index is 3100.